The normalized spacial score (nSPS) is 10.7. The van der Waals surface area contributed by atoms with Crippen LogP contribution in [-0.4, -0.2) is 61.4 Å². The molecule has 0 amide bonds. The van der Waals surface area contributed by atoms with Crippen LogP contribution in [0.5, 0.6) is 0 Å². The fourth-order valence-corrected chi connectivity index (χ4v) is 6.09. The van der Waals surface area contributed by atoms with Crippen LogP contribution in [0.25, 0.3) is 56.0 Å². The monoisotopic (exact) mass is 788 g/mol. The summed E-state index contributed by atoms with van der Waals surface area (Å²) in [7, 11) is 0. The van der Waals surface area contributed by atoms with E-state index in [1.54, 1.807) is 40.8 Å². The first-order chi connectivity index (χ1) is 27.7. The van der Waals surface area contributed by atoms with Crippen molar-refractivity contribution in [1.29, 1.82) is 0 Å². The number of aromatic nitrogens is 8. The molecule has 0 aliphatic carbocycles. The molecule has 0 unspecified atom stereocenters. The van der Waals surface area contributed by atoms with E-state index in [1.165, 1.54) is 6.92 Å². The average Bonchev–Trinajstić information content (AvgIpc) is 3.89. The molecule has 14 heteroatoms. The van der Waals surface area contributed by atoms with Gasteiger partial charge in [-0.3, -0.25) is 4.79 Å². The number of rotatable bonds is 6. The van der Waals surface area contributed by atoms with Crippen molar-refractivity contribution in [3.05, 3.63) is 143 Å². The van der Waals surface area contributed by atoms with Crippen LogP contribution >= 0.6 is 12.4 Å². The molecule has 0 saturated heterocycles. The number of halogens is 1. The van der Waals surface area contributed by atoms with Gasteiger partial charge in [-0.1, -0.05) is 41.3 Å². The Hall–Kier alpha value is -7.55. The number of fused-ring (bicyclic) bond motifs is 2. The number of nitrogens with zero attached hydrogens (tertiary/aromatic N) is 9. The summed E-state index contributed by atoms with van der Waals surface area (Å²) in [6.07, 6.45) is 15.0. The summed E-state index contributed by atoms with van der Waals surface area (Å²) in [5, 5.41) is 29.5. The number of benzene rings is 2. The largest absolute Gasteiger partial charge is 0.411 e. The molecular weight excluding hydrogens is 752 g/mol. The molecule has 0 atom stereocenters. The van der Waals surface area contributed by atoms with Crippen molar-refractivity contribution in [1.82, 2.24) is 39.5 Å². The minimum Gasteiger partial charge on any atom is -0.411 e. The van der Waals surface area contributed by atoms with Gasteiger partial charge in [-0.25, -0.2) is 35.2 Å². The van der Waals surface area contributed by atoms with Crippen molar-refractivity contribution in [2.45, 2.75) is 27.7 Å². The molecule has 6 heterocycles. The van der Waals surface area contributed by atoms with Gasteiger partial charge in [0.05, 0.1) is 40.5 Å². The summed E-state index contributed by atoms with van der Waals surface area (Å²) in [6.45, 7) is 7.07. The summed E-state index contributed by atoms with van der Waals surface area (Å²) in [4.78, 5) is 29.8. The van der Waals surface area contributed by atoms with E-state index in [0.717, 1.165) is 72.8 Å². The van der Waals surface area contributed by atoms with Crippen molar-refractivity contribution < 1.29 is 15.2 Å². The van der Waals surface area contributed by atoms with Gasteiger partial charge in [0.15, 0.2) is 17.4 Å². The van der Waals surface area contributed by atoms with Gasteiger partial charge in [0.1, 0.15) is 11.4 Å². The first kappa shape index (κ1) is 41.6. The van der Waals surface area contributed by atoms with Crippen LogP contribution in [0, 0.1) is 38.5 Å². The zero-order valence-electron chi connectivity index (χ0n) is 31.9. The van der Waals surface area contributed by atoms with Gasteiger partial charge in [0.25, 0.3) is 0 Å². The lowest BCUT2D eigenvalue weighted by atomic mass is 10.0. The summed E-state index contributed by atoms with van der Waals surface area (Å²) in [5.74, 6) is 10.3. The van der Waals surface area contributed by atoms with Gasteiger partial charge in [-0.15, -0.1) is 25.3 Å². The standard InChI is InChI=1S/C22H17N5O.C22H16N4O.ClH.H3NO/c1-4-16-11-17(20-9-6-8-19(25-20)15(3)26-28)12-21-18(16)13-23-27(21)22-10-5-7-14(2)24-22;1-4-16-11-17(20-9-6-8-19(25-20)15(3)27)12-21-18(16)13-23-26(21)22-10-5-7-14(2)24-22;;1-2/h1,5-13,28H,2-3H3;1,5-13H,2-3H3;1H;2H,1H2/b26-15-;;;. The molecule has 0 fully saturated rings. The highest BCUT2D eigenvalue weighted by Crippen LogP contribution is 2.30. The Morgan fingerprint density at radius 3 is 1.50 bits per heavy atom. The summed E-state index contributed by atoms with van der Waals surface area (Å²) in [6, 6.07) is 30.3. The summed E-state index contributed by atoms with van der Waals surface area (Å²) in [5.41, 5.74) is 9.49. The predicted molar refractivity (Wildman–Crippen MR) is 227 cm³/mol. The molecule has 0 bridgehead atoms. The SMILES string of the molecule is C#Cc1cc(-c2cccc(/C(C)=N\O)n2)cc2c1cnn2-c1cccc(C)n1.C#Cc1cc(-c2cccc(C(C)=O)n2)cc2c1cnn2-c1cccc(C)n1.Cl.NO. The number of carbonyl (C=O) groups excluding carboxylic acids is 1. The maximum atomic E-state index is 11.7. The number of oxime groups is 1. The fourth-order valence-electron chi connectivity index (χ4n) is 6.09. The number of hydrogen-bond acceptors (Lipinski definition) is 11. The Bertz CT molecular complexity index is 2900. The van der Waals surface area contributed by atoms with Crippen molar-refractivity contribution in [2.75, 3.05) is 0 Å². The van der Waals surface area contributed by atoms with Crippen molar-refractivity contribution in [3.63, 3.8) is 0 Å². The molecule has 2 aromatic carbocycles. The van der Waals surface area contributed by atoms with Crippen LogP contribution in [-0.2, 0) is 0 Å². The molecule has 0 radical (unpaired) electrons. The Balaban J connectivity index is 0.000000209. The maximum Gasteiger partial charge on any atom is 0.178 e. The molecule has 0 saturated carbocycles. The first-order valence-corrected chi connectivity index (χ1v) is 17.4. The van der Waals surface area contributed by atoms with Gasteiger partial charge in [-0.05, 0) is 93.6 Å². The minimum absolute atomic E-state index is 0. The second-order valence-corrected chi connectivity index (χ2v) is 12.6. The molecular formula is C44H37ClN10O3. The molecule has 8 rings (SSSR count). The van der Waals surface area contributed by atoms with Gasteiger partial charge < -0.3 is 10.4 Å². The van der Waals surface area contributed by atoms with Crippen LogP contribution in [0.4, 0.5) is 0 Å². The van der Waals surface area contributed by atoms with Crippen LogP contribution in [0.3, 0.4) is 0 Å². The summed E-state index contributed by atoms with van der Waals surface area (Å²) >= 11 is 0. The molecule has 58 heavy (non-hydrogen) atoms. The molecule has 13 nitrogen and oxygen atoms in total. The average molecular weight is 789 g/mol. The Morgan fingerprint density at radius 1 is 0.655 bits per heavy atom. The lowest BCUT2D eigenvalue weighted by Crippen LogP contribution is -2.01. The van der Waals surface area contributed by atoms with Crippen molar-refractivity contribution >= 4 is 45.7 Å². The minimum atomic E-state index is -0.0795. The number of carbonyl (C=O) groups is 1. The van der Waals surface area contributed by atoms with Crippen LogP contribution in [0.2, 0.25) is 0 Å². The Kier molecular flexibility index (Phi) is 13.2. The Labute approximate surface area is 340 Å². The van der Waals surface area contributed by atoms with E-state index in [-0.39, 0.29) is 18.2 Å². The smallest absolute Gasteiger partial charge is 0.178 e. The third kappa shape index (κ3) is 8.63. The molecule has 0 aliphatic rings. The molecule has 0 spiro atoms. The van der Waals surface area contributed by atoms with Gasteiger partial charge in [0.2, 0.25) is 0 Å². The summed E-state index contributed by atoms with van der Waals surface area (Å²) < 4.78 is 3.54. The maximum absolute atomic E-state index is 11.7. The zero-order valence-corrected chi connectivity index (χ0v) is 32.7. The van der Waals surface area contributed by atoms with Crippen LogP contribution in [0.1, 0.15) is 52.5 Å². The van der Waals surface area contributed by atoms with E-state index in [1.807, 2.05) is 98.8 Å². The highest BCUT2D eigenvalue weighted by Gasteiger charge is 2.15. The molecule has 6 aromatic heterocycles. The van der Waals surface area contributed by atoms with E-state index in [4.69, 9.17) is 23.3 Å². The van der Waals surface area contributed by atoms with E-state index < -0.39 is 0 Å². The topological polar surface area (TPSA) is 183 Å². The molecule has 4 N–H and O–H groups in total. The third-order valence-electron chi connectivity index (χ3n) is 8.84. The number of hydrogen-bond donors (Lipinski definition) is 3. The number of aryl methyl sites for hydroxylation is 2. The van der Waals surface area contributed by atoms with Gasteiger partial charge >= 0.3 is 0 Å². The second-order valence-electron chi connectivity index (χ2n) is 12.6. The van der Waals surface area contributed by atoms with E-state index in [9.17, 15) is 4.79 Å². The fraction of sp³-hybridized carbons (Fsp3) is 0.0909. The number of ketones is 1. The third-order valence-corrected chi connectivity index (χ3v) is 8.84. The Morgan fingerprint density at radius 2 is 1.09 bits per heavy atom. The quantitative estimate of drug-likeness (QED) is 0.0496. The number of terminal acetylenes is 2. The number of Topliss-reactive ketones (excluding diaryl/α,β-unsaturated/α-hetero) is 1. The van der Waals surface area contributed by atoms with Gasteiger partial charge in [0, 0.05) is 51.3 Å². The lowest BCUT2D eigenvalue weighted by molar-refractivity contribution is 0.101. The predicted octanol–water partition coefficient (Wildman–Crippen LogP) is 7.70. The van der Waals surface area contributed by atoms with Crippen molar-refractivity contribution in [3.8, 4) is 58.8 Å². The van der Waals surface area contributed by atoms with Crippen LogP contribution in [0.15, 0.2) is 115 Å². The molecule has 0 aliphatic heterocycles. The molecule has 8 aromatic rings. The van der Waals surface area contributed by atoms with Crippen LogP contribution < -0.4 is 5.90 Å². The second kappa shape index (κ2) is 18.4. The van der Waals surface area contributed by atoms with Crippen molar-refractivity contribution in [2.24, 2.45) is 11.1 Å². The van der Waals surface area contributed by atoms with E-state index in [0.29, 0.717) is 22.8 Å². The van der Waals surface area contributed by atoms with E-state index >= 15 is 0 Å². The van der Waals surface area contributed by atoms with Gasteiger partial charge in [-0.2, -0.15) is 10.2 Å². The highest BCUT2D eigenvalue weighted by atomic mass is 35.5. The molecule has 288 valence electrons. The number of nitrogens with two attached hydrogens (primary N) is 1. The lowest BCUT2D eigenvalue weighted by Gasteiger charge is -2.08. The number of pyridine rings is 4. The van der Waals surface area contributed by atoms with E-state index in [2.05, 4.69) is 53.0 Å². The zero-order chi connectivity index (χ0) is 40.6. The highest BCUT2D eigenvalue weighted by molar-refractivity contribution is 5.97. The first-order valence-electron chi connectivity index (χ1n) is 17.4.